The first-order chi connectivity index (χ1) is 11.5. The van der Waals surface area contributed by atoms with Crippen LogP contribution in [0.5, 0.6) is 5.88 Å². The fraction of sp³-hybridized carbons (Fsp3) is 0.231. The van der Waals surface area contributed by atoms with Crippen molar-refractivity contribution in [1.82, 2.24) is 9.78 Å². The lowest BCUT2D eigenvalue weighted by Crippen LogP contribution is -2.12. The lowest BCUT2D eigenvalue weighted by atomic mass is 10.3. The SMILES string of the molecule is COC(=O)Cc1cc(OS(C)(=O)=O)n(-c2ccc(S(N)(=O)=O)cc2)n1. The van der Waals surface area contributed by atoms with Crippen LogP contribution in [0.3, 0.4) is 0 Å². The van der Waals surface area contributed by atoms with Crippen LogP contribution in [0, 0.1) is 0 Å². The van der Waals surface area contributed by atoms with Gasteiger partial charge in [0.15, 0.2) is 0 Å². The van der Waals surface area contributed by atoms with Crippen LogP contribution >= 0.6 is 0 Å². The summed E-state index contributed by atoms with van der Waals surface area (Å²) in [4.78, 5) is 11.2. The number of methoxy groups -OCH3 is 1. The summed E-state index contributed by atoms with van der Waals surface area (Å²) in [5.74, 6) is -0.732. The first-order valence-corrected chi connectivity index (χ1v) is 10.0. The van der Waals surface area contributed by atoms with Gasteiger partial charge >= 0.3 is 16.1 Å². The summed E-state index contributed by atoms with van der Waals surface area (Å²) >= 11 is 0. The van der Waals surface area contributed by atoms with Crippen LogP contribution in [-0.4, -0.2) is 46.0 Å². The predicted molar refractivity (Wildman–Crippen MR) is 86.1 cm³/mol. The number of benzene rings is 1. The van der Waals surface area contributed by atoms with Crippen LogP contribution < -0.4 is 9.32 Å². The van der Waals surface area contributed by atoms with Crippen molar-refractivity contribution in [2.75, 3.05) is 13.4 Å². The van der Waals surface area contributed by atoms with Gasteiger partial charge in [-0.05, 0) is 24.3 Å². The van der Waals surface area contributed by atoms with Gasteiger partial charge in [-0.2, -0.15) is 18.2 Å². The van der Waals surface area contributed by atoms with Gasteiger partial charge in [0.2, 0.25) is 15.9 Å². The number of hydrogen-bond acceptors (Lipinski definition) is 8. The van der Waals surface area contributed by atoms with Crippen molar-refractivity contribution in [2.45, 2.75) is 11.3 Å². The van der Waals surface area contributed by atoms with Gasteiger partial charge in [-0.15, -0.1) is 0 Å². The van der Waals surface area contributed by atoms with E-state index in [1.807, 2.05) is 0 Å². The number of esters is 1. The Kier molecular flexibility index (Phi) is 5.15. The van der Waals surface area contributed by atoms with Crippen molar-refractivity contribution in [3.63, 3.8) is 0 Å². The van der Waals surface area contributed by atoms with E-state index in [1.54, 1.807) is 0 Å². The summed E-state index contributed by atoms with van der Waals surface area (Å²) in [6, 6.07) is 6.46. The largest absolute Gasteiger partial charge is 0.469 e. The number of primary sulfonamides is 1. The van der Waals surface area contributed by atoms with Crippen LogP contribution in [0.2, 0.25) is 0 Å². The molecule has 1 aromatic carbocycles. The zero-order valence-electron chi connectivity index (χ0n) is 13.2. The molecule has 1 aromatic heterocycles. The van der Waals surface area contributed by atoms with Crippen molar-refractivity contribution in [1.29, 1.82) is 0 Å². The Bertz CT molecular complexity index is 993. The first-order valence-electron chi connectivity index (χ1n) is 6.68. The number of ether oxygens (including phenoxy) is 1. The Hall–Kier alpha value is -2.44. The number of sulfonamides is 1. The summed E-state index contributed by atoms with van der Waals surface area (Å²) in [5.41, 5.74) is 0.517. The van der Waals surface area contributed by atoms with Gasteiger partial charge in [0, 0.05) is 6.07 Å². The highest BCUT2D eigenvalue weighted by Gasteiger charge is 2.18. The Morgan fingerprint density at radius 3 is 2.28 bits per heavy atom. The van der Waals surface area contributed by atoms with Crippen LogP contribution in [0.25, 0.3) is 5.69 Å². The number of rotatable bonds is 6. The molecule has 0 aliphatic heterocycles. The van der Waals surface area contributed by atoms with Gasteiger partial charge in [0.05, 0.1) is 36.1 Å². The molecule has 136 valence electrons. The zero-order chi connectivity index (χ0) is 18.8. The smallest absolute Gasteiger partial charge is 0.311 e. The third kappa shape index (κ3) is 5.01. The molecule has 1 heterocycles. The Balaban J connectivity index is 2.48. The molecule has 0 amide bonds. The fourth-order valence-corrected chi connectivity index (χ4v) is 2.84. The van der Waals surface area contributed by atoms with E-state index >= 15 is 0 Å². The number of carbonyl (C=O) groups is 1. The highest BCUT2D eigenvalue weighted by Crippen LogP contribution is 2.22. The summed E-state index contributed by atoms with van der Waals surface area (Å²) < 4.78 is 55.9. The molecule has 2 rings (SSSR count). The monoisotopic (exact) mass is 389 g/mol. The molecule has 0 saturated carbocycles. The average molecular weight is 389 g/mol. The number of carbonyl (C=O) groups excluding carboxylic acids is 1. The van der Waals surface area contributed by atoms with Gasteiger partial charge in [0.25, 0.3) is 0 Å². The van der Waals surface area contributed by atoms with Crippen molar-refractivity contribution >= 4 is 26.1 Å². The zero-order valence-corrected chi connectivity index (χ0v) is 14.9. The van der Waals surface area contributed by atoms with Gasteiger partial charge in [-0.3, -0.25) is 4.79 Å². The van der Waals surface area contributed by atoms with E-state index in [2.05, 4.69) is 9.84 Å². The second-order valence-corrected chi connectivity index (χ2v) is 8.10. The maximum Gasteiger partial charge on any atom is 0.311 e. The van der Waals surface area contributed by atoms with E-state index in [-0.39, 0.29) is 22.9 Å². The van der Waals surface area contributed by atoms with Crippen LogP contribution in [0.1, 0.15) is 5.69 Å². The van der Waals surface area contributed by atoms with Crippen LogP contribution in [0.15, 0.2) is 35.2 Å². The van der Waals surface area contributed by atoms with Crippen molar-refractivity contribution in [3.05, 3.63) is 36.0 Å². The third-order valence-corrected chi connectivity index (χ3v) is 4.33. The number of nitrogens with zero attached hydrogens (tertiary/aromatic N) is 2. The van der Waals surface area contributed by atoms with E-state index in [0.29, 0.717) is 5.69 Å². The maximum absolute atomic E-state index is 11.4. The highest BCUT2D eigenvalue weighted by molar-refractivity contribution is 7.89. The molecule has 2 N–H and O–H groups in total. The molecular weight excluding hydrogens is 374 g/mol. The molecule has 0 atom stereocenters. The molecule has 0 fully saturated rings. The quantitative estimate of drug-likeness (QED) is 0.517. The number of aromatic nitrogens is 2. The minimum absolute atomic E-state index is 0.122. The second kappa shape index (κ2) is 6.82. The predicted octanol–water partition coefficient (Wildman–Crippen LogP) is -0.426. The lowest BCUT2D eigenvalue weighted by Gasteiger charge is -2.07. The van der Waals surface area contributed by atoms with Gasteiger partial charge in [-0.1, -0.05) is 0 Å². The normalized spacial score (nSPS) is 12.0. The standard InChI is InChI=1S/C13H15N3O7S2/c1-22-13(17)8-9-7-12(23-24(2,18)19)16(15-9)10-3-5-11(6-4-10)25(14,20)21/h3-7H,8H2,1-2H3,(H2,14,20,21). The Morgan fingerprint density at radius 2 is 1.80 bits per heavy atom. The maximum atomic E-state index is 11.4. The first kappa shape index (κ1) is 18.9. The van der Waals surface area contributed by atoms with Crippen LogP contribution in [0.4, 0.5) is 0 Å². The molecule has 2 aromatic rings. The molecule has 0 aliphatic rings. The lowest BCUT2D eigenvalue weighted by molar-refractivity contribution is -0.139. The molecule has 0 unspecified atom stereocenters. The molecule has 0 radical (unpaired) electrons. The van der Waals surface area contributed by atoms with Gasteiger partial charge < -0.3 is 8.92 Å². The summed E-state index contributed by atoms with van der Waals surface area (Å²) in [5, 5.41) is 9.12. The minimum Gasteiger partial charge on any atom is -0.469 e. The summed E-state index contributed by atoms with van der Waals surface area (Å²) in [7, 11) is -6.52. The summed E-state index contributed by atoms with van der Waals surface area (Å²) in [6.07, 6.45) is 0.660. The molecule has 0 saturated heterocycles. The van der Waals surface area contributed by atoms with E-state index < -0.39 is 26.1 Å². The minimum atomic E-state index is -3.87. The third-order valence-electron chi connectivity index (χ3n) is 2.93. The summed E-state index contributed by atoms with van der Waals surface area (Å²) in [6.45, 7) is 0. The Labute approximate surface area is 144 Å². The highest BCUT2D eigenvalue weighted by atomic mass is 32.2. The van der Waals surface area contributed by atoms with Gasteiger partial charge in [-0.25, -0.2) is 13.6 Å². The van der Waals surface area contributed by atoms with Crippen molar-refractivity contribution < 1.29 is 30.6 Å². The second-order valence-electron chi connectivity index (χ2n) is 4.96. The number of nitrogens with two attached hydrogens (primary N) is 1. The van der Waals surface area contributed by atoms with Crippen molar-refractivity contribution in [2.24, 2.45) is 5.14 Å². The molecule has 0 bridgehead atoms. The average Bonchev–Trinajstić information content (AvgIpc) is 2.86. The van der Waals surface area contributed by atoms with Gasteiger partial charge in [0.1, 0.15) is 0 Å². The molecule has 0 aliphatic carbocycles. The van der Waals surface area contributed by atoms with E-state index in [9.17, 15) is 21.6 Å². The molecular formula is C13H15N3O7S2. The topological polar surface area (TPSA) is 148 Å². The van der Waals surface area contributed by atoms with E-state index in [4.69, 9.17) is 9.32 Å². The van der Waals surface area contributed by atoms with Crippen molar-refractivity contribution in [3.8, 4) is 11.6 Å². The number of hydrogen-bond donors (Lipinski definition) is 1. The Morgan fingerprint density at radius 1 is 1.20 bits per heavy atom. The van der Waals surface area contributed by atoms with E-state index in [0.717, 1.165) is 10.9 Å². The molecule has 25 heavy (non-hydrogen) atoms. The fourth-order valence-electron chi connectivity index (χ4n) is 1.89. The molecule has 0 spiro atoms. The molecule has 10 nitrogen and oxygen atoms in total. The van der Waals surface area contributed by atoms with Crippen LogP contribution in [-0.2, 0) is 36.1 Å². The molecule has 12 heteroatoms. The van der Waals surface area contributed by atoms with E-state index in [1.165, 1.54) is 37.4 Å².